The lowest BCUT2D eigenvalue weighted by Crippen LogP contribution is -2.35. The van der Waals surface area contributed by atoms with Crippen molar-refractivity contribution in [2.45, 2.75) is 70.1 Å². The third-order valence-electron chi connectivity index (χ3n) is 5.17. The zero-order valence-corrected chi connectivity index (χ0v) is 12.1. The monoisotopic (exact) mass is 263 g/mol. The summed E-state index contributed by atoms with van der Waals surface area (Å²) in [7, 11) is 0. The highest BCUT2D eigenvalue weighted by Crippen LogP contribution is 2.57. The van der Waals surface area contributed by atoms with Gasteiger partial charge in [0.1, 0.15) is 0 Å². The molecule has 0 aromatic carbocycles. The van der Waals surface area contributed by atoms with Crippen molar-refractivity contribution in [3.8, 4) is 0 Å². The molecule has 1 unspecified atom stereocenters. The normalized spacial score (nSPS) is 28.9. The largest absolute Gasteiger partial charge is 0.339 e. The van der Waals surface area contributed by atoms with E-state index in [2.05, 4.69) is 19.0 Å². The fourth-order valence-corrected chi connectivity index (χ4v) is 3.41. The van der Waals surface area contributed by atoms with Crippen LogP contribution in [-0.4, -0.2) is 16.7 Å². The van der Waals surface area contributed by atoms with Gasteiger partial charge in [-0.05, 0) is 24.7 Å². The molecule has 4 heteroatoms. The highest BCUT2D eigenvalue weighted by molar-refractivity contribution is 5.17. The summed E-state index contributed by atoms with van der Waals surface area (Å²) in [5, 5.41) is 4.23. The molecular weight excluding hydrogens is 238 g/mol. The van der Waals surface area contributed by atoms with Crippen LogP contribution >= 0.6 is 0 Å². The summed E-state index contributed by atoms with van der Waals surface area (Å²) in [5.74, 6) is 2.18. The average molecular weight is 263 g/mol. The molecule has 4 nitrogen and oxygen atoms in total. The molecule has 2 aliphatic carbocycles. The third kappa shape index (κ3) is 2.31. The van der Waals surface area contributed by atoms with Crippen LogP contribution in [0.5, 0.6) is 0 Å². The number of hydrogen-bond donors (Lipinski definition) is 1. The predicted octanol–water partition coefficient (Wildman–Crippen LogP) is 3.13. The summed E-state index contributed by atoms with van der Waals surface area (Å²) < 4.78 is 5.61. The molecule has 2 aliphatic rings. The maximum absolute atomic E-state index is 6.07. The molecule has 0 saturated heterocycles. The molecular formula is C15H25N3O. The molecule has 0 spiro atoms. The van der Waals surface area contributed by atoms with Crippen LogP contribution in [0.15, 0.2) is 4.52 Å². The van der Waals surface area contributed by atoms with E-state index < -0.39 is 0 Å². The first-order valence-corrected chi connectivity index (χ1v) is 7.62. The Bertz CT molecular complexity index is 444. The topological polar surface area (TPSA) is 64.9 Å². The zero-order chi connectivity index (χ0) is 13.5. The van der Waals surface area contributed by atoms with E-state index in [1.54, 1.807) is 0 Å². The lowest BCUT2D eigenvalue weighted by atomic mass is 9.80. The Kier molecular flexibility index (Phi) is 3.16. The Morgan fingerprint density at radius 1 is 1.21 bits per heavy atom. The van der Waals surface area contributed by atoms with Crippen LogP contribution < -0.4 is 5.73 Å². The highest BCUT2D eigenvalue weighted by Gasteiger charge is 2.50. The van der Waals surface area contributed by atoms with Crippen molar-refractivity contribution in [1.82, 2.24) is 10.1 Å². The van der Waals surface area contributed by atoms with Crippen LogP contribution in [0, 0.1) is 5.41 Å². The lowest BCUT2D eigenvalue weighted by Gasteiger charge is -2.26. The molecule has 2 N–H and O–H groups in total. The van der Waals surface area contributed by atoms with E-state index in [4.69, 9.17) is 15.2 Å². The van der Waals surface area contributed by atoms with Crippen molar-refractivity contribution in [2.24, 2.45) is 11.1 Å². The zero-order valence-electron chi connectivity index (χ0n) is 12.1. The Morgan fingerprint density at radius 2 is 1.84 bits per heavy atom. The summed E-state index contributed by atoms with van der Waals surface area (Å²) in [6.07, 6.45) is 8.42. The van der Waals surface area contributed by atoms with Gasteiger partial charge in [-0.25, -0.2) is 0 Å². The Hall–Kier alpha value is -0.900. The average Bonchev–Trinajstić information content (AvgIpc) is 2.87. The summed E-state index contributed by atoms with van der Waals surface area (Å²) in [6.45, 7) is 5.15. The van der Waals surface area contributed by atoms with Crippen LogP contribution in [0.4, 0.5) is 0 Å². The van der Waals surface area contributed by atoms with E-state index in [0.29, 0.717) is 17.9 Å². The van der Waals surface area contributed by atoms with Crippen molar-refractivity contribution in [1.29, 1.82) is 0 Å². The van der Waals surface area contributed by atoms with Crippen molar-refractivity contribution in [3.63, 3.8) is 0 Å². The van der Waals surface area contributed by atoms with E-state index in [0.717, 1.165) is 24.6 Å². The fraction of sp³-hybridized carbons (Fsp3) is 0.867. The Balaban J connectivity index is 1.83. The van der Waals surface area contributed by atoms with Gasteiger partial charge >= 0.3 is 0 Å². The lowest BCUT2D eigenvalue weighted by molar-refractivity contribution is 0.256. The summed E-state index contributed by atoms with van der Waals surface area (Å²) >= 11 is 0. The SMILES string of the molecule is CC1(C)CC1c1noc(C2(CN)CCCCCC2)n1. The second kappa shape index (κ2) is 4.58. The molecule has 19 heavy (non-hydrogen) atoms. The molecule has 1 atom stereocenters. The highest BCUT2D eigenvalue weighted by atomic mass is 16.5. The minimum Gasteiger partial charge on any atom is -0.339 e. The van der Waals surface area contributed by atoms with Crippen molar-refractivity contribution >= 4 is 0 Å². The van der Waals surface area contributed by atoms with Crippen LogP contribution in [0.25, 0.3) is 0 Å². The van der Waals surface area contributed by atoms with Gasteiger partial charge in [0.15, 0.2) is 5.82 Å². The maximum Gasteiger partial charge on any atom is 0.234 e. The molecule has 0 radical (unpaired) electrons. The number of rotatable bonds is 3. The van der Waals surface area contributed by atoms with E-state index in [-0.39, 0.29) is 5.41 Å². The number of nitrogens with two attached hydrogens (primary N) is 1. The van der Waals surface area contributed by atoms with Gasteiger partial charge in [-0.3, -0.25) is 0 Å². The van der Waals surface area contributed by atoms with Gasteiger partial charge in [-0.1, -0.05) is 44.7 Å². The van der Waals surface area contributed by atoms with E-state index >= 15 is 0 Å². The van der Waals surface area contributed by atoms with Gasteiger partial charge in [0.25, 0.3) is 0 Å². The van der Waals surface area contributed by atoms with E-state index in [1.165, 1.54) is 32.1 Å². The molecule has 0 bridgehead atoms. The van der Waals surface area contributed by atoms with Crippen LogP contribution in [0.2, 0.25) is 0 Å². The van der Waals surface area contributed by atoms with E-state index in [9.17, 15) is 0 Å². The molecule has 1 aromatic heterocycles. The first-order valence-electron chi connectivity index (χ1n) is 7.62. The Labute approximate surface area is 115 Å². The van der Waals surface area contributed by atoms with Crippen molar-refractivity contribution in [3.05, 3.63) is 11.7 Å². The predicted molar refractivity (Wildman–Crippen MR) is 73.9 cm³/mol. The van der Waals surface area contributed by atoms with Crippen LogP contribution in [0.3, 0.4) is 0 Å². The van der Waals surface area contributed by atoms with Crippen molar-refractivity contribution < 1.29 is 4.52 Å². The molecule has 0 aliphatic heterocycles. The quantitative estimate of drug-likeness (QED) is 0.851. The summed E-state index contributed by atoms with van der Waals surface area (Å²) in [5.41, 5.74) is 6.36. The van der Waals surface area contributed by atoms with Gasteiger partial charge in [0.05, 0.1) is 5.41 Å². The summed E-state index contributed by atoms with van der Waals surface area (Å²) in [6, 6.07) is 0. The second-order valence-electron chi connectivity index (χ2n) is 7.10. The first-order chi connectivity index (χ1) is 9.07. The first kappa shape index (κ1) is 13.1. The molecule has 1 heterocycles. The molecule has 106 valence electrons. The van der Waals surface area contributed by atoms with Crippen molar-refractivity contribution in [2.75, 3.05) is 6.54 Å². The molecule has 3 rings (SSSR count). The molecule has 2 saturated carbocycles. The number of hydrogen-bond acceptors (Lipinski definition) is 4. The van der Waals surface area contributed by atoms with Gasteiger partial charge < -0.3 is 10.3 Å². The van der Waals surface area contributed by atoms with Crippen LogP contribution in [-0.2, 0) is 5.41 Å². The van der Waals surface area contributed by atoms with Gasteiger partial charge in [0.2, 0.25) is 5.89 Å². The van der Waals surface area contributed by atoms with Gasteiger partial charge in [0, 0.05) is 12.5 Å². The number of aromatic nitrogens is 2. The number of nitrogens with zero attached hydrogens (tertiary/aromatic N) is 2. The van der Waals surface area contributed by atoms with Crippen LogP contribution in [0.1, 0.15) is 76.4 Å². The minimum absolute atomic E-state index is 0.0548. The van der Waals surface area contributed by atoms with Gasteiger partial charge in [-0.15, -0.1) is 0 Å². The third-order valence-corrected chi connectivity index (χ3v) is 5.17. The fourth-order valence-electron chi connectivity index (χ4n) is 3.41. The molecule has 1 aromatic rings. The second-order valence-corrected chi connectivity index (χ2v) is 7.10. The van der Waals surface area contributed by atoms with E-state index in [1.807, 2.05) is 0 Å². The summed E-state index contributed by atoms with van der Waals surface area (Å²) in [4.78, 5) is 4.72. The molecule has 0 amide bonds. The maximum atomic E-state index is 6.07. The standard InChI is InChI=1S/C15H25N3O/c1-14(2)9-11(14)12-17-13(19-18-12)15(10-16)7-5-3-4-6-8-15/h11H,3-10,16H2,1-2H3. The Morgan fingerprint density at radius 3 is 2.37 bits per heavy atom. The van der Waals surface area contributed by atoms with Gasteiger partial charge in [-0.2, -0.15) is 4.98 Å². The molecule has 2 fully saturated rings. The smallest absolute Gasteiger partial charge is 0.234 e. The minimum atomic E-state index is -0.0548.